The van der Waals surface area contributed by atoms with Gasteiger partial charge in [0.15, 0.2) is 0 Å². The predicted octanol–water partition coefficient (Wildman–Crippen LogP) is 2.06. The van der Waals surface area contributed by atoms with Crippen LogP contribution in [0.15, 0.2) is 0 Å². The van der Waals surface area contributed by atoms with E-state index in [1.54, 1.807) is 0 Å². The van der Waals surface area contributed by atoms with Crippen LogP contribution in [0.3, 0.4) is 0 Å². The van der Waals surface area contributed by atoms with E-state index in [1.165, 1.54) is 0 Å². The molecule has 0 saturated carbocycles. The molecule has 0 aromatic heterocycles. The van der Waals surface area contributed by atoms with Gasteiger partial charge in [-0.15, -0.1) is 0 Å². The van der Waals surface area contributed by atoms with Crippen molar-refractivity contribution in [3.63, 3.8) is 0 Å². The van der Waals surface area contributed by atoms with Crippen LogP contribution in [-0.2, 0) is 23.5 Å². The fourth-order valence-electron chi connectivity index (χ4n) is 0.389. The number of hydrogen-bond acceptors (Lipinski definition) is 3. The Bertz CT molecular complexity index is 117. The molecule has 0 aromatic rings. The molecule has 0 bridgehead atoms. The second-order valence-electron chi connectivity index (χ2n) is 1.84. The monoisotopic (exact) mass is 239 g/mol. The van der Waals surface area contributed by atoms with Gasteiger partial charge in [-0.3, -0.25) is 0 Å². The third kappa shape index (κ3) is 24.9. The normalized spacial score (nSPS) is 9.45. The first kappa shape index (κ1) is 14.3. The number of aliphatic hydroxyl groups is 1. The molecular weight excluding hydrogens is 230 g/mol. The number of unbranched alkanes of at least 4 members (excludes halogenated alkanes) is 1. The fraction of sp³-hybridized carbons (Fsp3) is 1.00. The average Bonchev–Trinajstić information content (AvgIpc) is 1.84. The van der Waals surface area contributed by atoms with Crippen molar-refractivity contribution in [3.8, 4) is 0 Å². The number of alkyl halides is 2. The Morgan fingerprint density at radius 1 is 1.45 bits per heavy atom. The standard InChI is InChI=1S/C5H10Cl2O.2O.V/c1-2-3-4-5(6,7)8;;;/h8H,2-4H2,1H3;;;. The number of hydrogen-bond donors (Lipinski definition) is 1. The van der Waals surface area contributed by atoms with Gasteiger partial charge in [0.05, 0.1) is 0 Å². The average molecular weight is 240 g/mol. The first-order valence-corrected chi connectivity index (χ1v) is 4.92. The van der Waals surface area contributed by atoms with E-state index in [-0.39, 0.29) is 0 Å². The molecule has 0 spiro atoms. The third-order valence-electron chi connectivity index (χ3n) is 0.831. The van der Waals surface area contributed by atoms with Crippen LogP contribution in [0.5, 0.6) is 0 Å². The van der Waals surface area contributed by atoms with Gasteiger partial charge < -0.3 is 5.11 Å². The number of halogens is 2. The van der Waals surface area contributed by atoms with Gasteiger partial charge in [0.2, 0.25) is 4.52 Å². The van der Waals surface area contributed by atoms with Crippen molar-refractivity contribution >= 4 is 23.2 Å². The molecule has 67 valence electrons. The summed E-state index contributed by atoms with van der Waals surface area (Å²) in [5, 5.41) is 8.68. The zero-order valence-electron chi connectivity index (χ0n) is 6.09. The quantitative estimate of drug-likeness (QED) is 0.768. The first-order valence-electron chi connectivity index (χ1n) is 3.03. The minimum absolute atomic E-state index is 0.451. The summed E-state index contributed by atoms with van der Waals surface area (Å²) in [6.45, 7) is 2.01. The van der Waals surface area contributed by atoms with Gasteiger partial charge in [-0.05, 0) is 6.42 Å². The minimum atomic E-state index is -1.81. The summed E-state index contributed by atoms with van der Waals surface area (Å²) in [6.07, 6.45) is 2.32. The van der Waals surface area contributed by atoms with Gasteiger partial charge in [0.25, 0.3) is 0 Å². The van der Waals surface area contributed by atoms with E-state index in [9.17, 15) is 0 Å². The molecule has 0 aromatic carbocycles. The molecule has 0 saturated heterocycles. The van der Waals surface area contributed by atoms with Crippen molar-refractivity contribution in [3.05, 3.63) is 0 Å². The van der Waals surface area contributed by atoms with Crippen molar-refractivity contribution < 1.29 is 28.6 Å². The Kier molecular flexibility index (Phi) is 11.4. The second kappa shape index (κ2) is 8.82. The Morgan fingerprint density at radius 3 is 1.91 bits per heavy atom. The molecule has 0 rings (SSSR count). The molecule has 11 heavy (non-hydrogen) atoms. The second-order valence-corrected chi connectivity index (χ2v) is 3.52. The van der Waals surface area contributed by atoms with Gasteiger partial charge in [-0.25, -0.2) is 0 Å². The Labute approximate surface area is 82.6 Å². The van der Waals surface area contributed by atoms with E-state index in [1.807, 2.05) is 6.92 Å². The first-order chi connectivity index (χ1) is 4.97. The van der Waals surface area contributed by atoms with Gasteiger partial charge >= 0.3 is 23.5 Å². The van der Waals surface area contributed by atoms with Crippen LogP contribution < -0.4 is 0 Å². The zero-order chi connectivity index (χ0) is 9.33. The van der Waals surface area contributed by atoms with Crippen LogP contribution in [0.1, 0.15) is 26.2 Å². The van der Waals surface area contributed by atoms with Crippen molar-refractivity contribution in [1.29, 1.82) is 0 Å². The summed E-state index contributed by atoms with van der Waals surface area (Å²) in [4.78, 5) is 0. The number of rotatable bonds is 3. The molecule has 0 aliphatic heterocycles. The van der Waals surface area contributed by atoms with Crippen LogP contribution in [0.4, 0.5) is 0 Å². The molecule has 0 aliphatic carbocycles. The van der Waals surface area contributed by atoms with Gasteiger partial charge in [0.1, 0.15) is 0 Å². The van der Waals surface area contributed by atoms with Crippen LogP contribution in [0, 0.1) is 0 Å². The summed E-state index contributed by atoms with van der Waals surface area (Å²) in [7, 11) is 0. The van der Waals surface area contributed by atoms with Crippen LogP contribution in [0.25, 0.3) is 0 Å². The van der Waals surface area contributed by atoms with Crippen molar-refractivity contribution in [1.82, 2.24) is 0 Å². The molecule has 0 aliphatic rings. The fourth-order valence-corrected chi connectivity index (χ4v) is 0.657. The molecule has 6 heteroatoms. The molecule has 1 N–H and O–H groups in total. The molecule has 0 fully saturated rings. The summed E-state index contributed by atoms with van der Waals surface area (Å²) < 4.78 is 15.4. The summed E-state index contributed by atoms with van der Waals surface area (Å²) >= 11 is 8.65. The molecule has 0 unspecified atom stereocenters. The topological polar surface area (TPSA) is 54.4 Å². The van der Waals surface area contributed by atoms with Crippen molar-refractivity contribution in [2.45, 2.75) is 30.7 Å². The SMILES string of the molecule is CCCCC(O)(Cl)Cl.[O]=[V]=[O]. The maximum absolute atomic E-state index is 8.68. The van der Waals surface area contributed by atoms with Gasteiger partial charge in [-0.1, -0.05) is 36.5 Å². The van der Waals surface area contributed by atoms with Gasteiger partial charge in [-0.2, -0.15) is 0 Å². The predicted molar refractivity (Wildman–Crippen MR) is 37.6 cm³/mol. The Hall–Kier alpha value is 0.724. The van der Waals surface area contributed by atoms with E-state index in [0.29, 0.717) is 6.42 Å². The molecular formula is C5H10Cl2O3V. The van der Waals surface area contributed by atoms with E-state index in [2.05, 4.69) is 0 Å². The maximum atomic E-state index is 8.68. The molecule has 0 radical (unpaired) electrons. The van der Waals surface area contributed by atoms with E-state index in [0.717, 1.165) is 12.8 Å². The van der Waals surface area contributed by atoms with Crippen molar-refractivity contribution in [2.24, 2.45) is 0 Å². The molecule has 3 nitrogen and oxygen atoms in total. The van der Waals surface area contributed by atoms with E-state index < -0.39 is 20.7 Å². The van der Waals surface area contributed by atoms with Crippen LogP contribution in [-0.4, -0.2) is 9.63 Å². The molecule has 0 heterocycles. The van der Waals surface area contributed by atoms with E-state index in [4.69, 9.17) is 35.7 Å². The summed E-state index contributed by atoms with van der Waals surface area (Å²) in [6, 6.07) is 0. The third-order valence-corrected chi connectivity index (χ3v) is 1.21. The van der Waals surface area contributed by atoms with Crippen molar-refractivity contribution in [2.75, 3.05) is 0 Å². The van der Waals surface area contributed by atoms with Gasteiger partial charge in [0, 0.05) is 6.42 Å². The summed E-state index contributed by atoms with van der Waals surface area (Å²) in [5.74, 6) is 0. The molecule has 0 amide bonds. The Morgan fingerprint density at radius 2 is 1.82 bits per heavy atom. The van der Waals surface area contributed by atoms with Crippen LogP contribution >= 0.6 is 23.2 Å². The zero-order valence-corrected chi connectivity index (χ0v) is 9.00. The Balaban J connectivity index is 0. The van der Waals surface area contributed by atoms with E-state index >= 15 is 0 Å². The molecule has 0 atom stereocenters. The van der Waals surface area contributed by atoms with Crippen LogP contribution in [0.2, 0.25) is 0 Å². The summed E-state index contributed by atoms with van der Waals surface area (Å²) in [5.41, 5.74) is 0.